The van der Waals surface area contributed by atoms with Gasteiger partial charge in [-0.1, -0.05) is 12.1 Å². The number of allylic oxidation sites excluding steroid dienone is 2. The summed E-state index contributed by atoms with van der Waals surface area (Å²) in [5.41, 5.74) is 5.09. The summed E-state index contributed by atoms with van der Waals surface area (Å²) in [6, 6.07) is 6.36. The van der Waals surface area contributed by atoms with Gasteiger partial charge < -0.3 is 20.3 Å². The van der Waals surface area contributed by atoms with Crippen molar-refractivity contribution in [3.8, 4) is 0 Å². The van der Waals surface area contributed by atoms with Crippen molar-refractivity contribution in [3.63, 3.8) is 0 Å². The van der Waals surface area contributed by atoms with E-state index in [9.17, 15) is 9.59 Å². The number of likely N-dealkylation sites (N-methyl/N-ethyl adjacent to an activating group) is 1. The number of H-pyrrole nitrogens is 1. The zero-order chi connectivity index (χ0) is 26.2. The van der Waals surface area contributed by atoms with Crippen molar-refractivity contribution in [1.29, 1.82) is 0 Å². The SMILES string of the molecule is CN=Cc1cnc(C(=O)Nc2ccc(C3CCN(C(=O)CN(C)CCO)CC3)cc2C2=CCCCC2)[nH]1. The Morgan fingerprint density at radius 2 is 2.11 bits per heavy atom. The van der Waals surface area contributed by atoms with Crippen LogP contribution >= 0.6 is 0 Å². The fraction of sp³-hybridized carbons (Fsp3) is 0.500. The number of piperidine rings is 1. The Morgan fingerprint density at radius 3 is 2.81 bits per heavy atom. The van der Waals surface area contributed by atoms with Crippen LogP contribution < -0.4 is 5.32 Å². The molecule has 37 heavy (non-hydrogen) atoms. The summed E-state index contributed by atoms with van der Waals surface area (Å²) in [6.45, 7) is 2.35. The minimum Gasteiger partial charge on any atom is -0.395 e. The number of imidazole rings is 1. The molecule has 9 heteroatoms. The molecule has 1 aliphatic heterocycles. The van der Waals surface area contributed by atoms with Gasteiger partial charge in [-0.2, -0.15) is 0 Å². The van der Waals surface area contributed by atoms with Crippen LogP contribution in [0.2, 0.25) is 0 Å². The van der Waals surface area contributed by atoms with Crippen LogP contribution in [0.1, 0.15) is 71.9 Å². The lowest BCUT2D eigenvalue weighted by atomic mass is 9.85. The van der Waals surface area contributed by atoms with Gasteiger partial charge >= 0.3 is 0 Å². The van der Waals surface area contributed by atoms with E-state index in [1.165, 1.54) is 17.6 Å². The molecule has 2 aromatic rings. The monoisotopic (exact) mass is 506 g/mol. The minimum absolute atomic E-state index is 0.0529. The molecule has 0 radical (unpaired) electrons. The molecule has 198 valence electrons. The van der Waals surface area contributed by atoms with Crippen LogP contribution in [-0.4, -0.2) is 89.8 Å². The molecular formula is C28H38N6O3. The summed E-state index contributed by atoms with van der Waals surface area (Å²) in [7, 11) is 3.53. The lowest BCUT2D eigenvalue weighted by Gasteiger charge is -2.33. The molecule has 0 bridgehead atoms. The number of aliphatic imine (C=N–C) groups is 1. The van der Waals surface area contributed by atoms with Crippen LogP contribution in [-0.2, 0) is 4.79 Å². The first-order valence-electron chi connectivity index (χ1n) is 13.2. The van der Waals surface area contributed by atoms with E-state index >= 15 is 0 Å². The number of aliphatic hydroxyl groups is 1. The van der Waals surface area contributed by atoms with Gasteiger partial charge in [0.05, 0.1) is 25.0 Å². The van der Waals surface area contributed by atoms with Crippen molar-refractivity contribution in [2.24, 2.45) is 4.99 Å². The van der Waals surface area contributed by atoms with E-state index in [0.29, 0.717) is 24.7 Å². The maximum Gasteiger partial charge on any atom is 0.291 e. The number of anilines is 1. The normalized spacial score (nSPS) is 16.9. The van der Waals surface area contributed by atoms with Crippen molar-refractivity contribution in [2.75, 3.05) is 52.2 Å². The number of aliphatic hydroxyl groups excluding tert-OH is 1. The molecule has 1 aromatic heterocycles. The maximum absolute atomic E-state index is 12.9. The van der Waals surface area contributed by atoms with E-state index in [-0.39, 0.29) is 24.2 Å². The molecule has 3 N–H and O–H groups in total. The molecule has 4 rings (SSSR count). The number of aromatic amines is 1. The Hall–Kier alpha value is -3.30. The van der Waals surface area contributed by atoms with Gasteiger partial charge in [-0.25, -0.2) is 4.98 Å². The highest BCUT2D eigenvalue weighted by Gasteiger charge is 2.25. The Morgan fingerprint density at radius 1 is 1.30 bits per heavy atom. The van der Waals surface area contributed by atoms with Crippen molar-refractivity contribution in [3.05, 3.63) is 53.1 Å². The molecule has 1 aliphatic carbocycles. The van der Waals surface area contributed by atoms with E-state index in [1.807, 2.05) is 22.9 Å². The maximum atomic E-state index is 12.9. The molecular weight excluding hydrogens is 468 g/mol. The number of carbonyl (C=O) groups excluding carboxylic acids is 2. The summed E-state index contributed by atoms with van der Waals surface area (Å²) in [6.07, 6.45) is 11.7. The van der Waals surface area contributed by atoms with Crippen LogP contribution in [0.3, 0.4) is 0 Å². The van der Waals surface area contributed by atoms with Gasteiger partial charge in [0.15, 0.2) is 5.82 Å². The first-order chi connectivity index (χ1) is 18.0. The van der Waals surface area contributed by atoms with Crippen molar-refractivity contribution in [1.82, 2.24) is 19.8 Å². The Labute approximate surface area is 218 Å². The van der Waals surface area contributed by atoms with Gasteiger partial charge in [0, 0.05) is 44.1 Å². The molecule has 2 heterocycles. The Balaban J connectivity index is 1.48. The molecule has 1 aromatic carbocycles. The summed E-state index contributed by atoms with van der Waals surface area (Å²) >= 11 is 0. The molecule has 9 nitrogen and oxygen atoms in total. The first-order valence-corrected chi connectivity index (χ1v) is 13.2. The minimum atomic E-state index is -0.279. The van der Waals surface area contributed by atoms with Gasteiger partial charge in [-0.3, -0.25) is 19.5 Å². The number of amides is 2. The third-order valence-electron chi connectivity index (χ3n) is 7.21. The highest BCUT2D eigenvalue weighted by Crippen LogP contribution is 2.36. The zero-order valence-corrected chi connectivity index (χ0v) is 21.9. The van der Waals surface area contributed by atoms with Crippen LogP contribution in [0.25, 0.3) is 5.57 Å². The smallest absolute Gasteiger partial charge is 0.291 e. The van der Waals surface area contributed by atoms with Gasteiger partial charge in [0.25, 0.3) is 5.91 Å². The number of carbonyl (C=O) groups is 2. The quantitative estimate of drug-likeness (QED) is 0.452. The number of nitrogens with zero attached hydrogens (tertiary/aromatic N) is 4. The van der Waals surface area contributed by atoms with Crippen LogP contribution in [0.4, 0.5) is 5.69 Å². The third-order valence-corrected chi connectivity index (χ3v) is 7.21. The van der Waals surface area contributed by atoms with Gasteiger partial charge in [-0.05, 0) is 74.8 Å². The lowest BCUT2D eigenvalue weighted by molar-refractivity contribution is -0.133. The first kappa shape index (κ1) is 26.8. The molecule has 0 unspecified atom stereocenters. The summed E-state index contributed by atoms with van der Waals surface area (Å²) in [5, 5.41) is 12.1. The topological polar surface area (TPSA) is 114 Å². The number of rotatable bonds is 9. The van der Waals surface area contributed by atoms with Crippen LogP contribution in [0.5, 0.6) is 0 Å². The fourth-order valence-corrected chi connectivity index (χ4v) is 5.15. The number of likely N-dealkylation sites (tertiary alicyclic amines) is 1. The summed E-state index contributed by atoms with van der Waals surface area (Å²) in [5.74, 6) is 0.461. The predicted octanol–water partition coefficient (Wildman–Crippen LogP) is 3.30. The van der Waals surface area contributed by atoms with E-state index in [1.54, 1.807) is 19.5 Å². The van der Waals surface area contributed by atoms with Crippen LogP contribution in [0, 0.1) is 0 Å². The Kier molecular flexibility index (Phi) is 9.24. The highest BCUT2D eigenvalue weighted by atomic mass is 16.3. The zero-order valence-electron chi connectivity index (χ0n) is 21.9. The third kappa shape index (κ3) is 6.93. The van der Waals surface area contributed by atoms with Crippen molar-refractivity contribution in [2.45, 2.75) is 44.4 Å². The molecule has 1 fully saturated rings. The van der Waals surface area contributed by atoms with Crippen LogP contribution in [0.15, 0.2) is 35.5 Å². The second-order valence-electron chi connectivity index (χ2n) is 9.93. The van der Waals surface area contributed by atoms with Crippen molar-refractivity contribution < 1.29 is 14.7 Å². The molecule has 2 amide bonds. The standard InChI is InChI=1S/C28H38N6O3/c1-29-17-23-18-30-27(31-23)28(37)32-25-9-8-22(16-24(25)21-6-4-3-5-7-21)20-10-12-34(13-11-20)26(36)19-33(2)14-15-35/h6,8-9,16-18,20,35H,3-5,7,10-15,19H2,1-2H3,(H,30,31)(H,32,37). The predicted molar refractivity (Wildman–Crippen MR) is 146 cm³/mol. The molecule has 1 saturated heterocycles. The molecule has 0 atom stereocenters. The lowest BCUT2D eigenvalue weighted by Crippen LogP contribution is -2.43. The highest BCUT2D eigenvalue weighted by molar-refractivity contribution is 6.03. The van der Waals surface area contributed by atoms with Crippen molar-refractivity contribution >= 4 is 29.3 Å². The molecule has 0 spiro atoms. The van der Waals surface area contributed by atoms with E-state index in [4.69, 9.17) is 5.11 Å². The summed E-state index contributed by atoms with van der Waals surface area (Å²) in [4.78, 5) is 40.5. The Bertz CT molecular complexity index is 1150. The number of hydrogen-bond donors (Lipinski definition) is 3. The second-order valence-corrected chi connectivity index (χ2v) is 9.93. The number of aromatic nitrogens is 2. The van der Waals surface area contributed by atoms with E-state index in [2.05, 4.69) is 38.5 Å². The molecule has 2 aliphatic rings. The average Bonchev–Trinajstić information content (AvgIpc) is 3.39. The number of benzene rings is 1. The van der Waals surface area contributed by atoms with Gasteiger partial charge in [0.1, 0.15) is 0 Å². The number of hydrogen-bond acceptors (Lipinski definition) is 6. The fourth-order valence-electron chi connectivity index (χ4n) is 5.15. The van der Waals surface area contributed by atoms with E-state index in [0.717, 1.165) is 56.4 Å². The largest absolute Gasteiger partial charge is 0.395 e. The molecule has 0 saturated carbocycles. The average molecular weight is 507 g/mol. The number of nitrogens with one attached hydrogen (secondary N) is 2. The van der Waals surface area contributed by atoms with E-state index < -0.39 is 0 Å². The van der Waals surface area contributed by atoms with Gasteiger partial charge in [-0.15, -0.1) is 0 Å². The van der Waals surface area contributed by atoms with Gasteiger partial charge in [0.2, 0.25) is 5.91 Å². The summed E-state index contributed by atoms with van der Waals surface area (Å²) < 4.78 is 0. The second kappa shape index (κ2) is 12.8.